The van der Waals surface area contributed by atoms with Gasteiger partial charge < -0.3 is 4.40 Å². The minimum Gasteiger partial charge on any atom is -0.347 e. The summed E-state index contributed by atoms with van der Waals surface area (Å²) in [4.78, 5) is 4.51. The summed E-state index contributed by atoms with van der Waals surface area (Å²) >= 11 is 0. The fraction of sp³-hybridized carbons (Fsp3) is 0.154. The maximum atomic E-state index is 4.51. The number of aryl methyl sites for hydroxylation is 2. The molecule has 0 aliphatic carbocycles. The van der Waals surface area contributed by atoms with Crippen LogP contribution in [-0.4, -0.2) is 9.38 Å². The summed E-state index contributed by atoms with van der Waals surface area (Å²) in [5.74, 6) is 0. The Morgan fingerprint density at radius 2 is 2.06 bits per heavy atom. The van der Waals surface area contributed by atoms with Crippen molar-refractivity contribution in [3.8, 4) is 0 Å². The van der Waals surface area contributed by atoms with Gasteiger partial charge in [0, 0.05) is 32.0 Å². The van der Waals surface area contributed by atoms with Gasteiger partial charge in [-0.3, -0.25) is 4.98 Å². The maximum absolute atomic E-state index is 4.51. The molecule has 2 aromatic heterocycles. The van der Waals surface area contributed by atoms with Crippen molar-refractivity contribution in [2.75, 3.05) is 0 Å². The van der Waals surface area contributed by atoms with Crippen LogP contribution in [0.25, 0.3) is 16.4 Å². The van der Waals surface area contributed by atoms with E-state index in [2.05, 4.69) is 36.3 Å². The summed E-state index contributed by atoms with van der Waals surface area (Å²) < 4.78 is 2.05. The number of nitrogens with zero attached hydrogens (tertiary/aromatic N) is 2. The molecule has 0 fully saturated rings. The van der Waals surface area contributed by atoms with Gasteiger partial charge in [0.05, 0.1) is 5.65 Å². The molecule has 0 saturated heterocycles. The van der Waals surface area contributed by atoms with Crippen LogP contribution >= 0.6 is 0 Å². The van der Waals surface area contributed by atoms with Gasteiger partial charge in [-0.15, -0.1) is 34.5 Å². The van der Waals surface area contributed by atoms with Crippen molar-refractivity contribution in [3.63, 3.8) is 0 Å². The average Bonchev–Trinajstić information content (AvgIpc) is 2.59. The molecular formula is C13H11IrN2-. The third kappa shape index (κ3) is 1.57. The number of hydrogen-bond donors (Lipinski definition) is 0. The zero-order valence-corrected chi connectivity index (χ0v) is 11.5. The van der Waals surface area contributed by atoms with Crippen molar-refractivity contribution in [1.82, 2.24) is 9.38 Å². The zero-order valence-electron chi connectivity index (χ0n) is 9.11. The van der Waals surface area contributed by atoms with Gasteiger partial charge in [-0.05, 0) is 13.1 Å². The van der Waals surface area contributed by atoms with E-state index in [9.17, 15) is 0 Å². The molecule has 0 aliphatic rings. The van der Waals surface area contributed by atoms with Gasteiger partial charge in [0.2, 0.25) is 0 Å². The van der Waals surface area contributed by atoms with Crippen molar-refractivity contribution in [3.05, 3.63) is 47.9 Å². The van der Waals surface area contributed by atoms with E-state index < -0.39 is 0 Å². The largest absolute Gasteiger partial charge is 0.347 e. The molecule has 2 heterocycles. The van der Waals surface area contributed by atoms with Gasteiger partial charge in [0.15, 0.2) is 0 Å². The summed E-state index contributed by atoms with van der Waals surface area (Å²) in [6.07, 6.45) is 4.09. The molecule has 0 spiro atoms. The molecule has 0 saturated carbocycles. The Morgan fingerprint density at radius 1 is 1.25 bits per heavy atom. The van der Waals surface area contributed by atoms with Crippen LogP contribution in [0.2, 0.25) is 0 Å². The van der Waals surface area contributed by atoms with Crippen LogP contribution in [0.15, 0.2) is 30.6 Å². The van der Waals surface area contributed by atoms with Gasteiger partial charge >= 0.3 is 0 Å². The van der Waals surface area contributed by atoms with E-state index in [1.54, 1.807) is 0 Å². The molecule has 0 bridgehead atoms. The molecule has 1 radical (unpaired) electrons. The molecular weight excluding hydrogens is 376 g/mol. The molecule has 0 N–H and O–H groups in total. The molecule has 83 valence electrons. The third-order valence-corrected chi connectivity index (χ3v) is 2.73. The molecule has 0 unspecified atom stereocenters. The zero-order chi connectivity index (χ0) is 10.4. The maximum Gasteiger partial charge on any atom is 0.0607 e. The van der Waals surface area contributed by atoms with E-state index in [0.29, 0.717) is 0 Å². The summed E-state index contributed by atoms with van der Waals surface area (Å²) in [6, 6.07) is 9.42. The summed E-state index contributed by atoms with van der Waals surface area (Å²) in [5, 5.41) is 2.33. The Morgan fingerprint density at radius 3 is 2.88 bits per heavy atom. The fourth-order valence-electron chi connectivity index (χ4n) is 1.98. The Balaban J connectivity index is 0.000000963. The molecule has 3 heteroatoms. The molecule has 0 amide bonds. The number of hydrogen-bond acceptors (Lipinski definition) is 1. The normalized spacial score (nSPS) is 10.6. The number of fused-ring (bicyclic) bond motifs is 3. The predicted octanol–water partition coefficient (Wildman–Crippen LogP) is 2.90. The summed E-state index contributed by atoms with van der Waals surface area (Å²) in [6.45, 7) is 4.12. The van der Waals surface area contributed by atoms with E-state index in [0.717, 1.165) is 16.7 Å². The van der Waals surface area contributed by atoms with Crippen LogP contribution < -0.4 is 0 Å². The number of benzene rings is 1. The Bertz CT molecular complexity index is 655. The van der Waals surface area contributed by atoms with Crippen LogP contribution in [0.3, 0.4) is 0 Å². The van der Waals surface area contributed by atoms with Crippen molar-refractivity contribution in [2.45, 2.75) is 13.8 Å². The third-order valence-electron chi connectivity index (χ3n) is 2.73. The fourth-order valence-corrected chi connectivity index (χ4v) is 1.98. The van der Waals surface area contributed by atoms with Gasteiger partial charge in [-0.1, -0.05) is 13.0 Å². The predicted molar refractivity (Wildman–Crippen MR) is 61.0 cm³/mol. The van der Waals surface area contributed by atoms with E-state index in [1.807, 2.05) is 23.6 Å². The van der Waals surface area contributed by atoms with Gasteiger partial charge in [-0.25, -0.2) is 0 Å². The first-order chi connectivity index (χ1) is 7.25. The van der Waals surface area contributed by atoms with Gasteiger partial charge in [0.1, 0.15) is 0 Å². The molecule has 0 atom stereocenters. The first kappa shape index (κ1) is 11.3. The number of rotatable bonds is 0. The van der Waals surface area contributed by atoms with E-state index in [-0.39, 0.29) is 20.1 Å². The van der Waals surface area contributed by atoms with Gasteiger partial charge in [0.25, 0.3) is 0 Å². The van der Waals surface area contributed by atoms with E-state index >= 15 is 0 Å². The summed E-state index contributed by atoms with van der Waals surface area (Å²) in [5.41, 5.74) is 3.30. The second-order valence-electron chi connectivity index (χ2n) is 3.88. The Kier molecular flexibility index (Phi) is 2.83. The Labute approximate surface area is 108 Å². The molecule has 16 heavy (non-hydrogen) atoms. The molecule has 3 aromatic rings. The number of pyridine rings is 1. The average molecular weight is 387 g/mol. The van der Waals surface area contributed by atoms with Crippen molar-refractivity contribution in [1.29, 1.82) is 0 Å². The monoisotopic (exact) mass is 388 g/mol. The van der Waals surface area contributed by atoms with Crippen LogP contribution in [0, 0.1) is 19.9 Å². The van der Waals surface area contributed by atoms with Crippen LogP contribution in [0.1, 0.15) is 11.3 Å². The Hall–Kier alpha value is -1.18. The first-order valence-corrected chi connectivity index (χ1v) is 5.01. The summed E-state index contributed by atoms with van der Waals surface area (Å²) in [7, 11) is 0. The first-order valence-electron chi connectivity index (χ1n) is 5.01. The van der Waals surface area contributed by atoms with Crippen LogP contribution in [0.5, 0.6) is 0 Å². The van der Waals surface area contributed by atoms with E-state index in [1.165, 1.54) is 10.9 Å². The minimum atomic E-state index is 0. The van der Waals surface area contributed by atoms with E-state index in [4.69, 9.17) is 0 Å². The van der Waals surface area contributed by atoms with Crippen molar-refractivity contribution < 1.29 is 20.1 Å². The van der Waals surface area contributed by atoms with Crippen molar-refractivity contribution >= 4 is 16.4 Å². The van der Waals surface area contributed by atoms with Crippen molar-refractivity contribution in [2.24, 2.45) is 0 Å². The molecule has 2 nitrogen and oxygen atoms in total. The second-order valence-corrected chi connectivity index (χ2v) is 3.88. The smallest absolute Gasteiger partial charge is 0.0607 e. The number of aromatic nitrogens is 2. The minimum absolute atomic E-state index is 0. The molecule has 0 aliphatic heterocycles. The molecule has 3 rings (SSSR count). The van der Waals surface area contributed by atoms with Crippen LogP contribution in [-0.2, 0) is 20.1 Å². The topological polar surface area (TPSA) is 17.3 Å². The molecule has 1 aromatic carbocycles. The SMILES string of the molecule is Cc1cn2ccc3c(C)cc[c-]c3c2n1.[Ir]. The number of imidazole rings is 1. The van der Waals surface area contributed by atoms with Gasteiger partial charge in [-0.2, -0.15) is 0 Å². The second kappa shape index (κ2) is 4.00. The standard InChI is InChI=1S/C13H11N2.Ir/c1-9-4-3-5-12-11(9)6-7-15-8-10(2)14-13(12)15;/h3-4,6-8H,1-2H3;/q-1;. The van der Waals surface area contributed by atoms with Crippen LogP contribution in [0.4, 0.5) is 0 Å². The quantitative estimate of drug-likeness (QED) is 0.542.